The molecule has 3 nitrogen and oxygen atoms in total. The molecule has 0 aliphatic rings. The molecule has 0 saturated heterocycles. The molecule has 90 valence electrons. The fraction of sp³-hybridized carbons (Fsp3) is 0.615. The van der Waals surface area contributed by atoms with E-state index in [1.165, 1.54) is 5.56 Å². The van der Waals surface area contributed by atoms with Gasteiger partial charge in [-0.2, -0.15) is 0 Å². The molecular formula is C13H23N3. The van der Waals surface area contributed by atoms with Crippen LogP contribution < -0.4 is 10.6 Å². The maximum Gasteiger partial charge on any atom is 0.128 e. The van der Waals surface area contributed by atoms with Gasteiger partial charge in [0.25, 0.3) is 0 Å². The zero-order valence-electron chi connectivity index (χ0n) is 10.6. The van der Waals surface area contributed by atoms with Gasteiger partial charge in [-0.1, -0.05) is 19.9 Å². The highest BCUT2D eigenvalue weighted by Gasteiger charge is 2.11. The Bertz CT molecular complexity index is 291. The molecule has 0 aromatic carbocycles. The Hall–Kier alpha value is -1.09. The maximum absolute atomic E-state index is 5.51. The lowest BCUT2D eigenvalue weighted by Gasteiger charge is -2.27. The number of nitrogens with two attached hydrogens (primary N) is 1. The summed E-state index contributed by atoms with van der Waals surface area (Å²) in [4.78, 5) is 6.74. The Balaban J connectivity index is 2.72. The average Bonchev–Trinajstić information content (AvgIpc) is 2.32. The lowest BCUT2D eigenvalue weighted by atomic mass is 10.1. The third-order valence-corrected chi connectivity index (χ3v) is 3.09. The first-order valence-electron chi connectivity index (χ1n) is 6.10. The summed E-state index contributed by atoms with van der Waals surface area (Å²) in [6.45, 7) is 5.12. The largest absolute Gasteiger partial charge is 0.357 e. The summed E-state index contributed by atoms with van der Waals surface area (Å²) < 4.78 is 0. The van der Waals surface area contributed by atoms with Gasteiger partial charge in [-0.25, -0.2) is 4.98 Å². The summed E-state index contributed by atoms with van der Waals surface area (Å²) >= 11 is 0. The molecule has 0 bridgehead atoms. The molecule has 0 saturated carbocycles. The molecule has 1 aromatic heterocycles. The highest BCUT2D eigenvalue weighted by atomic mass is 15.2. The molecule has 2 N–H and O–H groups in total. The van der Waals surface area contributed by atoms with E-state index in [0.717, 1.165) is 25.1 Å². The molecule has 0 unspecified atom stereocenters. The number of rotatable bonds is 6. The summed E-state index contributed by atoms with van der Waals surface area (Å²) in [7, 11) is 2.11. The van der Waals surface area contributed by atoms with Crippen LogP contribution in [-0.2, 0) is 6.42 Å². The van der Waals surface area contributed by atoms with Crippen LogP contribution >= 0.6 is 0 Å². The number of aromatic nitrogens is 1. The molecule has 0 aliphatic heterocycles. The molecule has 0 atom stereocenters. The fourth-order valence-corrected chi connectivity index (χ4v) is 1.96. The van der Waals surface area contributed by atoms with Crippen LogP contribution in [0.4, 0.5) is 5.82 Å². The second kappa shape index (κ2) is 6.48. The topological polar surface area (TPSA) is 42.1 Å². The Morgan fingerprint density at radius 2 is 2.00 bits per heavy atom. The predicted octanol–water partition coefficient (Wildman–Crippen LogP) is 2.21. The molecular weight excluding hydrogens is 198 g/mol. The van der Waals surface area contributed by atoms with E-state index in [0.29, 0.717) is 12.6 Å². The molecule has 0 amide bonds. The normalized spacial score (nSPS) is 10.8. The van der Waals surface area contributed by atoms with Crippen molar-refractivity contribution in [2.24, 2.45) is 5.73 Å². The van der Waals surface area contributed by atoms with Crippen LogP contribution in [0.25, 0.3) is 0 Å². The van der Waals surface area contributed by atoms with Crippen molar-refractivity contribution in [3.05, 3.63) is 23.9 Å². The molecule has 1 rings (SSSR count). The van der Waals surface area contributed by atoms with Crippen molar-refractivity contribution < 1.29 is 0 Å². The van der Waals surface area contributed by atoms with Gasteiger partial charge >= 0.3 is 0 Å². The lowest BCUT2D eigenvalue weighted by Crippen LogP contribution is -2.30. The van der Waals surface area contributed by atoms with Crippen molar-refractivity contribution in [2.45, 2.75) is 39.2 Å². The highest BCUT2D eigenvalue weighted by Crippen LogP contribution is 2.16. The van der Waals surface area contributed by atoms with Crippen LogP contribution in [0.15, 0.2) is 18.3 Å². The Kier molecular flexibility index (Phi) is 5.26. The Morgan fingerprint density at radius 1 is 1.31 bits per heavy atom. The number of pyridine rings is 1. The predicted molar refractivity (Wildman–Crippen MR) is 69.8 cm³/mol. The average molecular weight is 221 g/mol. The number of hydrogen-bond donors (Lipinski definition) is 1. The van der Waals surface area contributed by atoms with Gasteiger partial charge in [-0.3, -0.25) is 0 Å². The van der Waals surface area contributed by atoms with Crippen molar-refractivity contribution in [3.8, 4) is 0 Å². The minimum atomic E-state index is 0.577. The van der Waals surface area contributed by atoms with Crippen LogP contribution in [0.1, 0.15) is 32.3 Å². The summed E-state index contributed by atoms with van der Waals surface area (Å²) in [5.41, 5.74) is 6.72. The molecule has 0 spiro atoms. The second-order valence-corrected chi connectivity index (χ2v) is 4.14. The zero-order chi connectivity index (χ0) is 12.0. The van der Waals surface area contributed by atoms with Gasteiger partial charge in [0.2, 0.25) is 0 Å². The molecule has 16 heavy (non-hydrogen) atoms. The quantitative estimate of drug-likeness (QED) is 0.801. The van der Waals surface area contributed by atoms with Crippen molar-refractivity contribution in [1.82, 2.24) is 4.98 Å². The first-order valence-corrected chi connectivity index (χ1v) is 6.10. The lowest BCUT2D eigenvalue weighted by molar-refractivity contribution is 0.586. The molecule has 0 aliphatic carbocycles. The van der Waals surface area contributed by atoms with E-state index in [2.05, 4.69) is 42.9 Å². The third-order valence-electron chi connectivity index (χ3n) is 3.09. The van der Waals surface area contributed by atoms with Crippen LogP contribution in [0.5, 0.6) is 0 Å². The van der Waals surface area contributed by atoms with Crippen LogP contribution in [0.2, 0.25) is 0 Å². The van der Waals surface area contributed by atoms with Gasteiger partial charge in [0.05, 0.1) is 0 Å². The van der Waals surface area contributed by atoms with Crippen LogP contribution in [0.3, 0.4) is 0 Å². The van der Waals surface area contributed by atoms with Crippen molar-refractivity contribution in [2.75, 3.05) is 18.5 Å². The first kappa shape index (κ1) is 13.0. The summed E-state index contributed by atoms with van der Waals surface area (Å²) in [5.74, 6) is 1.05. The Labute approximate surface area is 98.7 Å². The molecule has 3 heteroatoms. The van der Waals surface area contributed by atoms with Gasteiger partial charge in [-0.05, 0) is 37.4 Å². The van der Waals surface area contributed by atoms with Gasteiger partial charge in [-0.15, -0.1) is 0 Å². The molecule has 1 aromatic rings. The van der Waals surface area contributed by atoms with Gasteiger partial charge in [0, 0.05) is 19.3 Å². The maximum atomic E-state index is 5.51. The van der Waals surface area contributed by atoms with Crippen molar-refractivity contribution in [3.63, 3.8) is 0 Å². The number of hydrogen-bond acceptors (Lipinski definition) is 3. The van der Waals surface area contributed by atoms with Gasteiger partial charge in [0.15, 0.2) is 0 Å². The summed E-state index contributed by atoms with van der Waals surface area (Å²) in [5, 5.41) is 0. The smallest absolute Gasteiger partial charge is 0.128 e. The molecule has 1 heterocycles. The number of nitrogens with zero attached hydrogens (tertiary/aromatic N) is 2. The first-order chi connectivity index (χ1) is 7.72. The van der Waals surface area contributed by atoms with E-state index in [1.54, 1.807) is 0 Å². The van der Waals surface area contributed by atoms with Gasteiger partial charge < -0.3 is 10.6 Å². The Morgan fingerprint density at radius 3 is 2.44 bits per heavy atom. The van der Waals surface area contributed by atoms with Crippen molar-refractivity contribution in [1.29, 1.82) is 0 Å². The third kappa shape index (κ3) is 3.20. The molecule has 0 radical (unpaired) electrons. The summed E-state index contributed by atoms with van der Waals surface area (Å²) in [6, 6.07) is 4.78. The summed E-state index contributed by atoms with van der Waals surface area (Å²) in [6.07, 6.45) is 5.14. The van der Waals surface area contributed by atoms with Gasteiger partial charge in [0.1, 0.15) is 5.82 Å². The van der Waals surface area contributed by atoms with Crippen LogP contribution in [0, 0.1) is 0 Å². The fourth-order valence-electron chi connectivity index (χ4n) is 1.96. The van der Waals surface area contributed by atoms with E-state index in [9.17, 15) is 0 Å². The highest BCUT2D eigenvalue weighted by molar-refractivity contribution is 5.39. The monoisotopic (exact) mass is 221 g/mol. The number of anilines is 1. The minimum Gasteiger partial charge on any atom is -0.357 e. The molecule has 0 fully saturated rings. The second-order valence-electron chi connectivity index (χ2n) is 4.14. The SMILES string of the molecule is CCC(CC)N(C)c1ccc(CCN)cn1. The standard InChI is InChI=1S/C13H23N3/c1-4-12(5-2)16(3)13-7-6-11(8-9-14)10-15-13/h6-7,10,12H,4-5,8-9,14H2,1-3H3. The van der Waals surface area contributed by atoms with Crippen LogP contribution in [-0.4, -0.2) is 24.6 Å². The van der Waals surface area contributed by atoms with Crippen molar-refractivity contribution >= 4 is 5.82 Å². The van der Waals surface area contributed by atoms with E-state index < -0.39 is 0 Å². The van der Waals surface area contributed by atoms with E-state index in [-0.39, 0.29) is 0 Å². The van der Waals surface area contributed by atoms with E-state index in [1.807, 2.05) is 6.20 Å². The van der Waals surface area contributed by atoms with E-state index >= 15 is 0 Å². The zero-order valence-corrected chi connectivity index (χ0v) is 10.6. The van der Waals surface area contributed by atoms with E-state index in [4.69, 9.17) is 5.73 Å². The minimum absolute atomic E-state index is 0.577.